The number of benzene rings is 1. The van der Waals surface area contributed by atoms with E-state index in [0.29, 0.717) is 11.3 Å². The third kappa shape index (κ3) is 10.7. The maximum Gasteiger partial charge on any atom is 0.326 e. The molecule has 0 aliphatic carbocycles. The van der Waals surface area contributed by atoms with Crippen molar-refractivity contribution in [2.45, 2.75) is 56.8 Å². The van der Waals surface area contributed by atoms with Gasteiger partial charge in [0.25, 0.3) is 0 Å². The molecule has 0 fully saturated rings. The zero-order valence-electron chi connectivity index (χ0n) is 21.5. The highest BCUT2D eigenvalue weighted by molar-refractivity contribution is 5.94. The molecule has 1 aromatic carbocycles. The average molecular weight is 546 g/mol. The van der Waals surface area contributed by atoms with E-state index in [1.807, 2.05) is 0 Å². The highest BCUT2D eigenvalue weighted by atomic mass is 16.4. The first-order valence-electron chi connectivity index (χ1n) is 12.2. The van der Waals surface area contributed by atoms with E-state index >= 15 is 0 Å². The minimum Gasteiger partial charge on any atom is -0.508 e. The lowest BCUT2D eigenvalue weighted by molar-refractivity contribution is -0.142. The number of nitrogens with one attached hydrogen (secondary N) is 4. The van der Waals surface area contributed by atoms with E-state index in [-0.39, 0.29) is 43.9 Å². The number of carbonyl (C=O) groups is 4. The highest BCUT2D eigenvalue weighted by Gasteiger charge is 2.30. The zero-order valence-corrected chi connectivity index (χ0v) is 21.5. The molecule has 15 heteroatoms. The number of nitrogens with two attached hydrogens (primary N) is 3. The number of nitrogens with zero attached hydrogens (tertiary/aromatic N) is 2. The third-order valence-electron chi connectivity index (χ3n) is 5.59. The number of aliphatic carboxylic acids is 1. The second kappa shape index (κ2) is 14.9. The molecule has 0 saturated carbocycles. The third-order valence-corrected chi connectivity index (χ3v) is 5.59. The minimum absolute atomic E-state index is 0.0278. The predicted molar refractivity (Wildman–Crippen MR) is 141 cm³/mol. The van der Waals surface area contributed by atoms with Gasteiger partial charge < -0.3 is 48.3 Å². The van der Waals surface area contributed by atoms with Gasteiger partial charge in [-0.15, -0.1) is 0 Å². The van der Waals surface area contributed by atoms with Crippen molar-refractivity contribution in [2.75, 3.05) is 6.54 Å². The van der Waals surface area contributed by atoms with Crippen LogP contribution in [-0.4, -0.2) is 80.5 Å². The average Bonchev–Trinajstić information content (AvgIpc) is 3.39. The number of rotatable bonds is 15. The maximum atomic E-state index is 13.3. The second-order valence-electron chi connectivity index (χ2n) is 8.91. The SMILES string of the molecule is CC(N)C(=O)NC(Cc1ccc(O)cc1)C(=O)NC(CCCN=C(N)N)C(=O)NC(Cc1cnc[nH]1)C(=O)O. The number of carboxylic acid groups (broad SMARTS) is 1. The number of guanidine groups is 1. The largest absolute Gasteiger partial charge is 0.508 e. The number of hydrogen-bond acceptors (Lipinski definition) is 8. The Labute approximate surface area is 224 Å². The first kappa shape index (κ1) is 30.6. The Morgan fingerprint density at radius 3 is 2.15 bits per heavy atom. The molecule has 0 radical (unpaired) electrons. The fraction of sp³-hybridized carbons (Fsp3) is 0.417. The molecule has 0 aliphatic heterocycles. The first-order chi connectivity index (χ1) is 18.5. The summed E-state index contributed by atoms with van der Waals surface area (Å²) in [4.78, 5) is 61.1. The Bertz CT molecular complexity index is 1130. The van der Waals surface area contributed by atoms with Gasteiger partial charge in [0.05, 0.1) is 12.4 Å². The van der Waals surface area contributed by atoms with Crippen LogP contribution in [0.15, 0.2) is 41.8 Å². The Morgan fingerprint density at radius 1 is 0.974 bits per heavy atom. The molecular weight excluding hydrogens is 510 g/mol. The number of carbonyl (C=O) groups excluding carboxylic acids is 3. The molecule has 0 saturated heterocycles. The monoisotopic (exact) mass is 545 g/mol. The molecule has 0 aliphatic rings. The fourth-order valence-corrected chi connectivity index (χ4v) is 3.51. The van der Waals surface area contributed by atoms with Gasteiger partial charge in [-0.2, -0.15) is 0 Å². The lowest BCUT2D eigenvalue weighted by atomic mass is 10.0. The van der Waals surface area contributed by atoms with Crippen LogP contribution in [0.5, 0.6) is 5.75 Å². The van der Waals surface area contributed by atoms with Crippen LogP contribution in [-0.2, 0) is 32.0 Å². The maximum absolute atomic E-state index is 13.3. The molecule has 212 valence electrons. The van der Waals surface area contributed by atoms with Crippen LogP contribution >= 0.6 is 0 Å². The number of aromatic amines is 1. The van der Waals surface area contributed by atoms with Crippen molar-refractivity contribution in [1.29, 1.82) is 0 Å². The fourth-order valence-electron chi connectivity index (χ4n) is 3.51. The summed E-state index contributed by atoms with van der Waals surface area (Å²) in [6, 6.07) is 1.52. The summed E-state index contributed by atoms with van der Waals surface area (Å²) in [6.45, 7) is 1.62. The van der Waals surface area contributed by atoms with Crippen LogP contribution in [0.3, 0.4) is 0 Å². The van der Waals surface area contributed by atoms with Gasteiger partial charge in [0, 0.05) is 31.3 Å². The number of hydrogen-bond donors (Lipinski definition) is 9. The number of carboxylic acids is 1. The number of phenols is 1. The molecule has 1 aromatic heterocycles. The van der Waals surface area contributed by atoms with Crippen LogP contribution in [0, 0.1) is 0 Å². The number of aromatic nitrogens is 2. The van der Waals surface area contributed by atoms with Crippen molar-refractivity contribution in [3.63, 3.8) is 0 Å². The highest BCUT2D eigenvalue weighted by Crippen LogP contribution is 2.12. The van der Waals surface area contributed by atoms with Crippen molar-refractivity contribution < 1.29 is 29.4 Å². The number of aliphatic imine (C=N–C) groups is 1. The smallest absolute Gasteiger partial charge is 0.326 e. The van der Waals surface area contributed by atoms with Gasteiger partial charge >= 0.3 is 5.97 Å². The van der Waals surface area contributed by atoms with Crippen molar-refractivity contribution in [3.8, 4) is 5.75 Å². The first-order valence-corrected chi connectivity index (χ1v) is 12.2. The molecule has 1 heterocycles. The van der Waals surface area contributed by atoms with Crippen LogP contribution < -0.4 is 33.2 Å². The van der Waals surface area contributed by atoms with E-state index in [2.05, 4.69) is 30.9 Å². The standard InChI is InChI=1S/C24H35N9O6/c1-13(25)20(35)32-18(9-14-4-6-16(34)7-5-14)22(37)31-17(3-2-8-29-24(26)27)21(36)33-19(23(38)39)10-15-11-28-12-30-15/h4-7,11-13,17-19,34H,2-3,8-10,25H2,1H3,(H,28,30)(H,31,37)(H,32,35)(H,33,36)(H,38,39)(H4,26,27,29). The van der Waals surface area contributed by atoms with Crippen molar-refractivity contribution in [2.24, 2.45) is 22.2 Å². The summed E-state index contributed by atoms with van der Waals surface area (Å²) in [6.07, 6.45) is 3.13. The quantitative estimate of drug-likeness (QED) is 0.0664. The van der Waals surface area contributed by atoms with Crippen LogP contribution in [0.4, 0.5) is 0 Å². The van der Waals surface area contributed by atoms with E-state index in [4.69, 9.17) is 17.2 Å². The Hall–Kier alpha value is -4.66. The molecule has 2 aromatic rings. The predicted octanol–water partition coefficient (Wildman–Crippen LogP) is -2.16. The molecule has 15 nitrogen and oxygen atoms in total. The minimum atomic E-state index is -1.30. The Balaban J connectivity index is 2.23. The summed E-state index contributed by atoms with van der Waals surface area (Å²) in [5.74, 6) is -3.43. The summed E-state index contributed by atoms with van der Waals surface area (Å²) in [5.41, 5.74) is 17.5. The molecule has 3 amide bonds. The molecule has 4 atom stereocenters. The molecule has 0 spiro atoms. The lowest BCUT2D eigenvalue weighted by Gasteiger charge is -2.25. The number of imidazole rings is 1. The summed E-state index contributed by atoms with van der Waals surface area (Å²) in [7, 11) is 0. The van der Waals surface area contributed by atoms with Gasteiger partial charge in [0.2, 0.25) is 17.7 Å². The topological polar surface area (TPSA) is 264 Å². The molecule has 39 heavy (non-hydrogen) atoms. The lowest BCUT2D eigenvalue weighted by Crippen LogP contribution is -2.57. The molecule has 4 unspecified atom stereocenters. The summed E-state index contributed by atoms with van der Waals surface area (Å²) in [5, 5.41) is 26.8. The second-order valence-corrected chi connectivity index (χ2v) is 8.91. The van der Waals surface area contributed by atoms with Gasteiger partial charge in [-0.3, -0.25) is 19.4 Å². The van der Waals surface area contributed by atoms with Crippen LogP contribution in [0.25, 0.3) is 0 Å². The number of amides is 3. The molecular formula is C24H35N9O6. The Kier molecular flexibility index (Phi) is 11.7. The van der Waals surface area contributed by atoms with Crippen molar-refractivity contribution in [3.05, 3.63) is 48.0 Å². The zero-order chi connectivity index (χ0) is 28.9. The number of phenolic OH excluding ortho intramolecular Hbond substituents is 1. The number of aromatic hydroxyl groups is 1. The van der Waals surface area contributed by atoms with Gasteiger partial charge in [0.1, 0.15) is 23.9 Å². The van der Waals surface area contributed by atoms with Crippen LogP contribution in [0.1, 0.15) is 31.0 Å². The summed E-state index contributed by atoms with van der Waals surface area (Å²) >= 11 is 0. The van der Waals surface area contributed by atoms with Crippen LogP contribution in [0.2, 0.25) is 0 Å². The normalized spacial score (nSPS) is 13.8. The summed E-state index contributed by atoms with van der Waals surface area (Å²) < 4.78 is 0. The molecule has 0 bridgehead atoms. The van der Waals surface area contributed by atoms with E-state index in [1.165, 1.54) is 31.6 Å². The van der Waals surface area contributed by atoms with E-state index in [0.717, 1.165) is 0 Å². The van der Waals surface area contributed by atoms with Gasteiger partial charge in [-0.1, -0.05) is 12.1 Å². The molecule has 12 N–H and O–H groups in total. The Morgan fingerprint density at radius 2 is 1.59 bits per heavy atom. The van der Waals surface area contributed by atoms with Gasteiger partial charge in [-0.25, -0.2) is 9.78 Å². The number of H-pyrrole nitrogens is 1. The van der Waals surface area contributed by atoms with Crippen molar-refractivity contribution >= 4 is 29.7 Å². The molecule has 2 rings (SSSR count). The van der Waals surface area contributed by atoms with E-state index in [1.54, 1.807) is 12.1 Å². The van der Waals surface area contributed by atoms with Gasteiger partial charge in [-0.05, 0) is 37.5 Å². The van der Waals surface area contributed by atoms with E-state index in [9.17, 15) is 29.4 Å². The van der Waals surface area contributed by atoms with Crippen molar-refractivity contribution in [1.82, 2.24) is 25.9 Å². The van der Waals surface area contributed by atoms with Gasteiger partial charge in [0.15, 0.2) is 5.96 Å². The van der Waals surface area contributed by atoms with E-state index < -0.39 is 47.9 Å².